The van der Waals surface area contributed by atoms with E-state index in [-0.39, 0.29) is 18.8 Å². The molecule has 0 radical (unpaired) electrons. The standard InChI is InChI=1S/C12H18F2O4/c1-5-17-10(15)12(4,11(16)18-6-2)7-8(3)9(13)14/h5-7H2,1-4H3. The Bertz CT molecular complexity index is 328. The van der Waals surface area contributed by atoms with Gasteiger partial charge in [-0.25, -0.2) is 0 Å². The van der Waals surface area contributed by atoms with Gasteiger partial charge in [0.15, 0.2) is 5.41 Å². The van der Waals surface area contributed by atoms with Gasteiger partial charge in [-0.1, -0.05) is 0 Å². The fraction of sp³-hybridized carbons (Fsp3) is 0.667. The molecule has 0 aliphatic heterocycles. The van der Waals surface area contributed by atoms with E-state index in [4.69, 9.17) is 9.47 Å². The summed E-state index contributed by atoms with van der Waals surface area (Å²) < 4.78 is 34.4. The summed E-state index contributed by atoms with van der Waals surface area (Å²) in [5.74, 6) is -1.71. The Balaban J connectivity index is 5.22. The molecule has 0 atom stereocenters. The van der Waals surface area contributed by atoms with Crippen molar-refractivity contribution in [1.82, 2.24) is 0 Å². The highest BCUT2D eigenvalue weighted by Gasteiger charge is 2.44. The monoisotopic (exact) mass is 264 g/mol. The summed E-state index contributed by atoms with van der Waals surface area (Å²) in [6, 6.07) is 0. The van der Waals surface area contributed by atoms with Crippen LogP contribution in [0.5, 0.6) is 0 Å². The number of rotatable bonds is 6. The molecule has 0 fully saturated rings. The Morgan fingerprint density at radius 3 is 1.72 bits per heavy atom. The largest absolute Gasteiger partial charge is 0.465 e. The molecule has 0 aliphatic rings. The topological polar surface area (TPSA) is 52.6 Å². The van der Waals surface area contributed by atoms with Crippen molar-refractivity contribution < 1.29 is 27.8 Å². The maximum absolute atomic E-state index is 12.4. The third kappa shape index (κ3) is 4.09. The average molecular weight is 264 g/mol. The lowest BCUT2D eigenvalue weighted by atomic mass is 9.84. The maximum atomic E-state index is 12.4. The molecule has 104 valence electrons. The molecular formula is C12H18F2O4. The molecule has 0 amide bonds. The van der Waals surface area contributed by atoms with Crippen LogP contribution in [0, 0.1) is 5.41 Å². The first-order valence-corrected chi connectivity index (χ1v) is 5.64. The fourth-order valence-electron chi connectivity index (χ4n) is 1.41. The number of carbonyl (C=O) groups is 2. The number of carbonyl (C=O) groups excluding carboxylic acids is 2. The summed E-state index contributed by atoms with van der Waals surface area (Å²) in [6.45, 7) is 5.68. The van der Waals surface area contributed by atoms with Crippen LogP contribution in [0.3, 0.4) is 0 Å². The van der Waals surface area contributed by atoms with Crippen LogP contribution >= 0.6 is 0 Å². The highest BCUT2D eigenvalue weighted by Crippen LogP contribution is 2.31. The molecule has 18 heavy (non-hydrogen) atoms. The van der Waals surface area contributed by atoms with Gasteiger partial charge >= 0.3 is 11.9 Å². The molecule has 4 nitrogen and oxygen atoms in total. The van der Waals surface area contributed by atoms with Crippen LogP contribution < -0.4 is 0 Å². The van der Waals surface area contributed by atoms with E-state index in [2.05, 4.69) is 0 Å². The predicted octanol–water partition coefficient (Wildman–Crippen LogP) is 2.68. The first-order chi connectivity index (χ1) is 8.29. The molecule has 0 bridgehead atoms. The SMILES string of the molecule is CCOC(=O)C(C)(CC(C)=C(F)F)C(=O)OCC. The predicted molar refractivity (Wildman–Crippen MR) is 60.9 cm³/mol. The lowest BCUT2D eigenvalue weighted by Gasteiger charge is -2.24. The molecule has 0 rings (SSSR count). The third-order valence-electron chi connectivity index (χ3n) is 2.39. The van der Waals surface area contributed by atoms with E-state index in [9.17, 15) is 18.4 Å². The van der Waals surface area contributed by atoms with Crippen LogP contribution in [0.1, 0.15) is 34.1 Å². The van der Waals surface area contributed by atoms with Crippen molar-refractivity contribution in [3.05, 3.63) is 11.7 Å². The van der Waals surface area contributed by atoms with Gasteiger partial charge in [0.2, 0.25) is 0 Å². The van der Waals surface area contributed by atoms with Gasteiger partial charge in [-0.2, -0.15) is 8.78 Å². The van der Waals surface area contributed by atoms with Gasteiger partial charge in [0.25, 0.3) is 6.08 Å². The summed E-state index contributed by atoms with van der Waals surface area (Å²) in [7, 11) is 0. The lowest BCUT2D eigenvalue weighted by molar-refractivity contribution is -0.170. The molecule has 0 aromatic heterocycles. The number of hydrogen-bond acceptors (Lipinski definition) is 4. The van der Waals surface area contributed by atoms with Crippen LogP contribution in [0.4, 0.5) is 8.78 Å². The molecule has 0 spiro atoms. The number of ether oxygens (including phenoxy) is 2. The zero-order valence-electron chi connectivity index (χ0n) is 11.0. The van der Waals surface area contributed by atoms with Gasteiger partial charge in [0.1, 0.15) is 0 Å². The van der Waals surface area contributed by atoms with Gasteiger partial charge in [0, 0.05) is 6.42 Å². The van der Waals surface area contributed by atoms with E-state index in [0.29, 0.717) is 0 Å². The zero-order chi connectivity index (χ0) is 14.3. The number of esters is 2. The Labute approximate surface area is 105 Å². The summed E-state index contributed by atoms with van der Waals surface area (Å²) in [6.07, 6.45) is -2.33. The molecule has 0 unspecified atom stereocenters. The molecule has 0 aliphatic carbocycles. The van der Waals surface area contributed by atoms with E-state index in [1.165, 1.54) is 6.92 Å². The fourth-order valence-corrected chi connectivity index (χ4v) is 1.41. The van der Waals surface area contributed by atoms with E-state index >= 15 is 0 Å². The van der Waals surface area contributed by atoms with Crippen LogP contribution in [-0.2, 0) is 19.1 Å². The smallest absolute Gasteiger partial charge is 0.323 e. The van der Waals surface area contributed by atoms with Crippen LogP contribution in [0.25, 0.3) is 0 Å². The highest BCUT2D eigenvalue weighted by molar-refractivity contribution is 5.99. The van der Waals surface area contributed by atoms with Gasteiger partial charge in [-0.15, -0.1) is 0 Å². The quantitative estimate of drug-likeness (QED) is 0.546. The molecular weight excluding hydrogens is 246 g/mol. The minimum atomic E-state index is -1.91. The lowest BCUT2D eigenvalue weighted by Crippen LogP contribution is -2.39. The molecule has 6 heteroatoms. The third-order valence-corrected chi connectivity index (χ3v) is 2.39. The van der Waals surface area contributed by atoms with Crippen molar-refractivity contribution in [2.45, 2.75) is 34.1 Å². The second-order valence-corrected chi connectivity index (χ2v) is 3.99. The first kappa shape index (κ1) is 16.5. The van der Waals surface area contributed by atoms with Gasteiger partial charge in [-0.05, 0) is 33.3 Å². The molecule has 0 saturated carbocycles. The Hall–Kier alpha value is -1.46. The van der Waals surface area contributed by atoms with Crippen molar-refractivity contribution in [3.63, 3.8) is 0 Å². The minimum absolute atomic E-state index is 0.0642. The van der Waals surface area contributed by atoms with E-state index < -0.39 is 29.9 Å². The Morgan fingerprint density at radius 1 is 1.06 bits per heavy atom. The molecule has 0 heterocycles. The van der Waals surface area contributed by atoms with Crippen LogP contribution in [0.2, 0.25) is 0 Å². The van der Waals surface area contributed by atoms with Gasteiger partial charge < -0.3 is 9.47 Å². The number of halogens is 2. The summed E-state index contributed by atoms with van der Waals surface area (Å²) in [4.78, 5) is 23.5. The average Bonchev–Trinajstić information content (AvgIpc) is 2.29. The molecule has 0 saturated heterocycles. The Morgan fingerprint density at radius 2 is 1.44 bits per heavy atom. The van der Waals surface area contributed by atoms with Crippen molar-refractivity contribution >= 4 is 11.9 Å². The van der Waals surface area contributed by atoms with Crippen LogP contribution in [0.15, 0.2) is 11.7 Å². The van der Waals surface area contributed by atoms with Crippen LogP contribution in [-0.4, -0.2) is 25.2 Å². The summed E-state index contributed by atoms with van der Waals surface area (Å²) in [5.41, 5.74) is -2.07. The molecule has 0 aromatic carbocycles. The first-order valence-electron chi connectivity index (χ1n) is 5.64. The van der Waals surface area contributed by atoms with Crippen molar-refractivity contribution in [2.75, 3.05) is 13.2 Å². The van der Waals surface area contributed by atoms with E-state index in [1.54, 1.807) is 13.8 Å². The van der Waals surface area contributed by atoms with Gasteiger partial charge in [-0.3, -0.25) is 9.59 Å². The highest BCUT2D eigenvalue weighted by atomic mass is 19.3. The van der Waals surface area contributed by atoms with Crippen molar-refractivity contribution in [1.29, 1.82) is 0 Å². The van der Waals surface area contributed by atoms with Crippen molar-refractivity contribution in [2.24, 2.45) is 5.41 Å². The van der Waals surface area contributed by atoms with Crippen molar-refractivity contribution in [3.8, 4) is 0 Å². The summed E-state index contributed by atoms with van der Waals surface area (Å²) in [5, 5.41) is 0. The molecule has 0 aromatic rings. The maximum Gasteiger partial charge on any atom is 0.323 e. The Kier molecular flexibility index (Phi) is 6.51. The minimum Gasteiger partial charge on any atom is -0.465 e. The summed E-state index contributed by atoms with van der Waals surface area (Å²) >= 11 is 0. The second kappa shape index (κ2) is 7.08. The molecule has 0 N–H and O–H groups in total. The van der Waals surface area contributed by atoms with E-state index in [1.807, 2.05) is 0 Å². The second-order valence-electron chi connectivity index (χ2n) is 3.99. The van der Waals surface area contributed by atoms with E-state index in [0.717, 1.165) is 6.92 Å². The number of hydrogen-bond donors (Lipinski definition) is 0. The normalized spacial score (nSPS) is 10.8. The number of allylic oxidation sites excluding steroid dienone is 1. The van der Waals surface area contributed by atoms with Gasteiger partial charge in [0.05, 0.1) is 13.2 Å². The zero-order valence-corrected chi connectivity index (χ0v) is 11.0.